The van der Waals surface area contributed by atoms with Crippen molar-refractivity contribution in [2.24, 2.45) is 0 Å². The van der Waals surface area contributed by atoms with Crippen LogP contribution >= 0.6 is 12.4 Å². The van der Waals surface area contributed by atoms with Crippen molar-refractivity contribution in [1.29, 1.82) is 0 Å². The van der Waals surface area contributed by atoms with Crippen molar-refractivity contribution >= 4 is 18.3 Å². The number of hydrogen-bond donors (Lipinski definition) is 2. The van der Waals surface area contributed by atoms with Gasteiger partial charge in [0.15, 0.2) is 0 Å². The van der Waals surface area contributed by atoms with E-state index < -0.39 is 0 Å². The van der Waals surface area contributed by atoms with Crippen LogP contribution in [-0.2, 0) is 11.3 Å². The van der Waals surface area contributed by atoms with Gasteiger partial charge in [-0.1, -0.05) is 12.1 Å². The highest BCUT2D eigenvalue weighted by molar-refractivity contribution is 5.85. The van der Waals surface area contributed by atoms with Crippen molar-refractivity contribution in [1.82, 2.24) is 15.5 Å². The first-order valence-electron chi connectivity index (χ1n) is 6.60. The van der Waals surface area contributed by atoms with Crippen molar-refractivity contribution in [3.05, 3.63) is 35.6 Å². The Kier molecular flexibility index (Phi) is 6.91. The second-order valence-electron chi connectivity index (χ2n) is 4.99. The van der Waals surface area contributed by atoms with Gasteiger partial charge in [0.25, 0.3) is 0 Å². The summed E-state index contributed by atoms with van der Waals surface area (Å²) in [4.78, 5) is 14.0. The van der Waals surface area contributed by atoms with E-state index in [0.717, 1.165) is 25.2 Å². The van der Waals surface area contributed by atoms with Crippen LogP contribution in [0.3, 0.4) is 0 Å². The number of benzene rings is 1. The van der Waals surface area contributed by atoms with E-state index in [2.05, 4.69) is 22.5 Å². The van der Waals surface area contributed by atoms with Crippen LogP contribution in [0.1, 0.15) is 12.5 Å². The third-order valence-corrected chi connectivity index (χ3v) is 3.22. The number of piperazine rings is 1. The lowest BCUT2D eigenvalue weighted by Crippen LogP contribution is -2.51. The van der Waals surface area contributed by atoms with Crippen LogP contribution in [0.25, 0.3) is 0 Å². The highest BCUT2D eigenvalue weighted by Crippen LogP contribution is 2.02. The van der Waals surface area contributed by atoms with E-state index in [0.29, 0.717) is 19.1 Å². The van der Waals surface area contributed by atoms with Crippen LogP contribution in [0.4, 0.5) is 4.39 Å². The molecule has 4 nitrogen and oxygen atoms in total. The fraction of sp³-hybridized carbons (Fsp3) is 0.500. The van der Waals surface area contributed by atoms with E-state index in [4.69, 9.17) is 0 Å². The van der Waals surface area contributed by atoms with Crippen molar-refractivity contribution in [2.75, 3.05) is 26.2 Å². The number of halogens is 2. The summed E-state index contributed by atoms with van der Waals surface area (Å²) < 4.78 is 12.7. The summed E-state index contributed by atoms with van der Waals surface area (Å²) in [6.07, 6.45) is 0. The lowest BCUT2D eigenvalue weighted by molar-refractivity contribution is -0.122. The Morgan fingerprint density at radius 2 is 2.15 bits per heavy atom. The molecule has 0 spiro atoms. The molecule has 6 heteroatoms. The summed E-state index contributed by atoms with van der Waals surface area (Å²) in [5.41, 5.74) is 0.906. The van der Waals surface area contributed by atoms with Crippen LogP contribution < -0.4 is 10.6 Å². The van der Waals surface area contributed by atoms with Gasteiger partial charge in [-0.15, -0.1) is 12.4 Å². The number of nitrogens with zero attached hydrogens (tertiary/aromatic N) is 1. The Bertz CT molecular complexity index is 427. The molecular weight excluding hydrogens is 281 g/mol. The number of carbonyl (C=O) groups is 1. The summed E-state index contributed by atoms with van der Waals surface area (Å²) in [6, 6.07) is 6.60. The number of hydrogen-bond acceptors (Lipinski definition) is 3. The quantitative estimate of drug-likeness (QED) is 0.877. The van der Waals surface area contributed by atoms with Gasteiger partial charge in [-0.05, 0) is 24.6 Å². The van der Waals surface area contributed by atoms with E-state index >= 15 is 0 Å². The van der Waals surface area contributed by atoms with Crippen molar-refractivity contribution in [3.63, 3.8) is 0 Å². The summed E-state index contributed by atoms with van der Waals surface area (Å²) in [7, 11) is 0. The number of carbonyl (C=O) groups excluding carboxylic acids is 1. The van der Waals surface area contributed by atoms with Gasteiger partial charge in [0.05, 0.1) is 6.54 Å². The molecule has 2 N–H and O–H groups in total. The molecule has 1 fully saturated rings. The fourth-order valence-corrected chi connectivity index (χ4v) is 2.22. The molecule has 112 valence electrons. The highest BCUT2D eigenvalue weighted by Gasteiger charge is 2.17. The second-order valence-corrected chi connectivity index (χ2v) is 4.99. The molecule has 1 atom stereocenters. The molecular formula is C14H21ClFN3O. The zero-order chi connectivity index (χ0) is 13.7. The van der Waals surface area contributed by atoms with E-state index in [1.807, 2.05) is 0 Å². The minimum Gasteiger partial charge on any atom is -0.351 e. The standard InChI is InChI=1S/C14H20FN3O.ClH/c1-11-9-18(7-6-16-11)10-14(19)17-8-12-2-4-13(15)5-3-12;/h2-5,11,16H,6-10H2,1H3,(H,17,19);1H. The van der Waals surface area contributed by atoms with E-state index in [9.17, 15) is 9.18 Å². The Labute approximate surface area is 125 Å². The van der Waals surface area contributed by atoms with Crippen molar-refractivity contribution < 1.29 is 9.18 Å². The van der Waals surface area contributed by atoms with Gasteiger partial charge in [0, 0.05) is 32.2 Å². The summed E-state index contributed by atoms with van der Waals surface area (Å²) in [5, 5.41) is 6.20. The SMILES string of the molecule is CC1CN(CC(=O)NCc2ccc(F)cc2)CCN1.Cl. The first kappa shape index (κ1) is 16.9. The van der Waals surface area contributed by atoms with Gasteiger partial charge < -0.3 is 10.6 Å². The van der Waals surface area contributed by atoms with Crippen molar-refractivity contribution in [2.45, 2.75) is 19.5 Å². The largest absolute Gasteiger partial charge is 0.351 e. The Balaban J connectivity index is 0.00000200. The monoisotopic (exact) mass is 301 g/mol. The van der Waals surface area contributed by atoms with Gasteiger partial charge in [0.1, 0.15) is 5.82 Å². The van der Waals surface area contributed by atoms with Crippen LogP contribution in [0.5, 0.6) is 0 Å². The summed E-state index contributed by atoms with van der Waals surface area (Å²) in [6.45, 7) is 5.70. The molecule has 1 aromatic rings. The molecule has 0 saturated carbocycles. The molecule has 1 aliphatic heterocycles. The van der Waals surface area contributed by atoms with Gasteiger partial charge in [-0.2, -0.15) is 0 Å². The number of rotatable bonds is 4. The zero-order valence-corrected chi connectivity index (χ0v) is 12.4. The molecule has 2 rings (SSSR count). The topological polar surface area (TPSA) is 44.4 Å². The fourth-order valence-electron chi connectivity index (χ4n) is 2.22. The van der Waals surface area contributed by atoms with Gasteiger partial charge in [0.2, 0.25) is 5.91 Å². The van der Waals surface area contributed by atoms with Crippen LogP contribution in [-0.4, -0.2) is 43.0 Å². The van der Waals surface area contributed by atoms with Crippen LogP contribution in [0.2, 0.25) is 0 Å². The maximum Gasteiger partial charge on any atom is 0.234 e. The first-order chi connectivity index (χ1) is 9.13. The predicted molar refractivity (Wildman–Crippen MR) is 79.4 cm³/mol. The van der Waals surface area contributed by atoms with E-state index in [1.165, 1.54) is 12.1 Å². The lowest BCUT2D eigenvalue weighted by Gasteiger charge is -2.31. The van der Waals surface area contributed by atoms with Gasteiger partial charge in [-0.25, -0.2) is 4.39 Å². The molecule has 1 amide bonds. The molecule has 0 aliphatic carbocycles. The average molecular weight is 302 g/mol. The second kappa shape index (κ2) is 8.19. The average Bonchev–Trinajstić information content (AvgIpc) is 2.38. The molecule has 1 aliphatic rings. The Hall–Kier alpha value is -1.17. The lowest BCUT2D eigenvalue weighted by atomic mass is 10.2. The van der Waals surface area contributed by atoms with E-state index in [-0.39, 0.29) is 24.1 Å². The summed E-state index contributed by atoms with van der Waals surface area (Å²) >= 11 is 0. The Morgan fingerprint density at radius 1 is 1.45 bits per heavy atom. The molecule has 1 unspecified atom stereocenters. The minimum atomic E-state index is -0.259. The van der Waals surface area contributed by atoms with E-state index in [1.54, 1.807) is 12.1 Å². The maximum absolute atomic E-state index is 12.7. The number of nitrogens with one attached hydrogen (secondary N) is 2. The smallest absolute Gasteiger partial charge is 0.234 e. The molecule has 0 radical (unpaired) electrons. The van der Waals surface area contributed by atoms with Crippen molar-refractivity contribution in [3.8, 4) is 0 Å². The Morgan fingerprint density at radius 3 is 2.80 bits per heavy atom. The predicted octanol–water partition coefficient (Wildman–Crippen LogP) is 1.16. The maximum atomic E-state index is 12.7. The molecule has 1 aromatic carbocycles. The molecule has 1 saturated heterocycles. The third-order valence-electron chi connectivity index (χ3n) is 3.22. The minimum absolute atomic E-state index is 0. The molecule has 1 heterocycles. The third kappa shape index (κ3) is 5.45. The molecule has 20 heavy (non-hydrogen) atoms. The summed E-state index contributed by atoms with van der Waals surface area (Å²) in [5.74, 6) is -0.247. The van der Waals surface area contributed by atoms with Crippen LogP contribution in [0.15, 0.2) is 24.3 Å². The van der Waals surface area contributed by atoms with Gasteiger partial charge >= 0.3 is 0 Å². The highest BCUT2D eigenvalue weighted by atomic mass is 35.5. The zero-order valence-electron chi connectivity index (χ0n) is 11.6. The molecule has 0 aromatic heterocycles. The first-order valence-corrected chi connectivity index (χ1v) is 6.60. The molecule has 0 bridgehead atoms. The number of amides is 1. The van der Waals surface area contributed by atoms with Gasteiger partial charge in [-0.3, -0.25) is 9.69 Å². The normalized spacial score (nSPS) is 19.2. The van der Waals surface area contributed by atoms with Crippen LogP contribution in [0, 0.1) is 5.82 Å².